The fourth-order valence-electron chi connectivity index (χ4n) is 5.63. The van der Waals surface area contributed by atoms with Gasteiger partial charge in [-0.05, 0) is 25.7 Å². The van der Waals surface area contributed by atoms with Crippen molar-refractivity contribution in [3.63, 3.8) is 0 Å². The molecule has 0 fully saturated rings. The zero-order chi connectivity index (χ0) is 34.9. The first-order chi connectivity index (χ1) is 22.4. The van der Waals surface area contributed by atoms with E-state index in [1.165, 1.54) is 198 Å². The second-order valence-corrected chi connectivity index (χ2v) is 15.1. The van der Waals surface area contributed by atoms with E-state index in [2.05, 4.69) is 47.3 Å². The second kappa shape index (κ2) is 46.1. The van der Waals surface area contributed by atoms with E-state index < -0.39 is 0 Å². The molecule has 0 aliphatic rings. The van der Waals surface area contributed by atoms with Crippen LogP contribution in [0.2, 0.25) is 0 Å². The van der Waals surface area contributed by atoms with E-state index in [4.69, 9.17) is 49.7 Å². The summed E-state index contributed by atoms with van der Waals surface area (Å²) in [5, 5.41) is 0. The van der Waals surface area contributed by atoms with E-state index in [0.29, 0.717) is 8.64 Å². The van der Waals surface area contributed by atoms with Crippen LogP contribution in [-0.2, 0) is 43.3 Å². The van der Waals surface area contributed by atoms with Gasteiger partial charge in [0, 0.05) is 26.2 Å². The first-order valence-electron chi connectivity index (χ1n) is 19.5. The molecule has 0 N–H and O–H groups in total. The molecule has 8 heteroatoms. The van der Waals surface area contributed by atoms with Crippen molar-refractivity contribution in [3.05, 3.63) is 0 Å². The van der Waals surface area contributed by atoms with Gasteiger partial charge in [0.1, 0.15) is 0 Å². The molecule has 0 aliphatic heterocycles. The Morgan fingerprint density at radius 1 is 0.348 bits per heavy atom. The zero-order valence-electron chi connectivity index (χ0n) is 31.0. The minimum atomic E-state index is 0.678. The van der Waals surface area contributed by atoms with Crippen molar-refractivity contribution >= 4 is 68.2 Å². The van der Waals surface area contributed by atoms with Gasteiger partial charge in [0.05, 0.1) is 0 Å². The quantitative estimate of drug-likeness (QED) is 0.0285. The van der Waals surface area contributed by atoms with E-state index in [0.717, 1.165) is 26.2 Å². The topological polar surface area (TPSA) is 6.48 Å². The first-order valence-corrected chi connectivity index (χ1v) is 23.9. The summed E-state index contributed by atoms with van der Waals surface area (Å²) in [4.78, 5) is 4.51. The summed E-state index contributed by atoms with van der Waals surface area (Å²) < 4.78 is 1.36. The van der Waals surface area contributed by atoms with Crippen LogP contribution in [0.4, 0.5) is 0 Å². The maximum atomic E-state index is 5.23. The number of rotatable bonds is 32. The third-order valence-corrected chi connectivity index (χ3v) is 9.68. The molecule has 2 nitrogen and oxygen atoms in total. The Labute approximate surface area is 327 Å². The first kappa shape index (κ1) is 51.5. The van der Waals surface area contributed by atoms with Gasteiger partial charge in [-0.1, -0.05) is 190 Å². The third-order valence-electron chi connectivity index (χ3n) is 8.64. The van der Waals surface area contributed by atoms with Crippen LogP contribution in [0.15, 0.2) is 0 Å². The SMILES string of the molecule is CCCCCCCCCN(CCCCCCCCC)C(=S)[S-].CCCCCCCCCN(CCCCCCCCC)C(=S)[S-].[S]=[Mo+2]. The van der Waals surface area contributed by atoms with Crippen LogP contribution in [0, 0.1) is 0 Å². The minimum absolute atomic E-state index is 0.678. The van der Waals surface area contributed by atoms with Crippen molar-refractivity contribution < 1.29 is 18.0 Å². The number of unbranched alkanes of at least 4 members (excludes halogenated alkanes) is 24. The van der Waals surface area contributed by atoms with Crippen LogP contribution in [0.1, 0.15) is 207 Å². The Balaban J connectivity index is -0.000000762. The standard InChI is InChI=1S/2C19H39NS2.Mo.S/c2*1-3-5-7-9-11-13-15-17-20(19(21)22)18-16-14-12-10-8-6-4-2;;/h2*3-18H2,1-2H3,(H,21,22);;/q;;+2;/p-2. The normalized spacial score (nSPS) is 10.4. The van der Waals surface area contributed by atoms with Gasteiger partial charge >= 0.3 is 27.8 Å². The molecule has 0 spiro atoms. The van der Waals surface area contributed by atoms with Gasteiger partial charge in [0.25, 0.3) is 0 Å². The molecule has 0 aliphatic carbocycles. The van der Waals surface area contributed by atoms with Crippen molar-refractivity contribution in [3.8, 4) is 0 Å². The summed E-state index contributed by atoms with van der Waals surface area (Å²) in [5.41, 5.74) is 0. The molecular weight excluding hydrogens is 741 g/mol. The van der Waals surface area contributed by atoms with Crippen LogP contribution in [0.3, 0.4) is 0 Å². The van der Waals surface area contributed by atoms with E-state index >= 15 is 0 Å². The molecule has 0 radical (unpaired) electrons. The number of hydrogen-bond acceptors (Lipinski definition) is 5. The zero-order valence-corrected chi connectivity index (χ0v) is 37.1. The summed E-state index contributed by atoms with van der Waals surface area (Å²) in [6.07, 6.45) is 37.8. The molecule has 46 heavy (non-hydrogen) atoms. The van der Waals surface area contributed by atoms with E-state index in [9.17, 15) is 0 Å². The Hall–Kier alpha value is 1.13. The fraction of sp³-hybridized carbons (Fsp3) is 0.947. The van der Waals surface area contributed by atoms with E-state index in [1.807, 2.05) is 0 Å². The average Bonchev–Trinajstić information content (AvgIpc) is 3.05. The predicted octanol–water partition coefficient (Wildman–Crippen LogP) is 13.9. The molecule has 0 saturated heterocycles. The second-order valence-electron chi connectivity index (χ2n) is 13.0. The molecule has 0 heterocycles. The van der Waals surface area contributed by atoms with Gasteiger partial charge in [0.2, 0.25) is 0 Å². The van der Waals surface area contributed by atoms with E-state index in [1.54, 1.807) is 0 Å². The molecule has 274 valence electrons. The molecule has 0 saturated carbocycles. The Morgan fingerprint density at radius 3 is 0.652 bits per heavy atom. The van der Waals surface area contributed by atoms with Crippen molar-refractivity contribution in [1.82, 2.24) is 9.80 Å². The van der Waals surface area contributed by atoms with Gasteiger partial charge < -0.3 is 59.5 Å². The molecule has 0 atom stereocenters. The van der Waals surface area contributed by atoms with Crippen LogP contribution in [-0.4, -0.2) is 44.6 Å². The number of nitrogens with zero attached hydrogens (tertiary/aromatic N) is 2. The Kier molecular flexibility index (Phi) is 51.6. The van der Waals surface area contributed by atoms with Gasteiger partial charge in [0.15, 0.2) is 0 Å². The average molecular weight is 817 g/mol. The van der Waals surface area contributed by atoms with Crippen LogP contribution < -0.4 is 0 Å². The summed E-state index contributed by atoms with van der Waals surface area (Å²) in [6.45, 7) is 13.4. The maximum absolute atomic E-state index is 5.23. The van der Waals surface area contributed by atoms with Gasteiger partial charge in [-0.2, -0.15) is 0 Å². The van der Waals surface area contributed by atoms with Gasteiger partial charge in [-0.15, -0.1) is 0 Å². The summed E-state index contributed by atoms with van der Waals surface area (Å²) in [7, 11) is 4.09. The third kappa shape index (κ3) is 43.2. The molecule has 0 bridgehead atoms. The van der Waals surface area contributed by atoms with Crippen LogP contribution in [0.5, 0.6) is 0 Å². The summed E-state index contributed by atoms with van der Waals surface area (Å²) in [6, 6.07) is 0. The van der Waals surface area contributed by atoms with Crippen LogP contribution in [0.25, 0.3) is 0 Å². The predicted molar refractivity (Wildman–Crippen MR) is 223 cm³/mol. The van der Waals surface area contributed by atoms with Crippen molar-refractivity contribution in [2.45, 2.75) is 207 Å². The monoisotopic (exact) mass is 818 g/mol. The molecule has 0 rings (SSSR count). The summed E-state index contributed by atoms with van der Waals surface area (Å²) >= 11 is 22.4. The van der Waals surface area contributed by atoms with E-state index in [-0.39, 0.29) is 0 Å². The summed E-state index contributed by atoms with van der Waals surface area (Å²) in [5.74, 6) is 0. The molecule has 0 unspecified atom stereocenters. The Morgan fingerprint density at radius 2 is 0.500 bits per heavy atom. The van der Waals surface area contributed by atoms with Gasteiger partial charge in [-0.3, -0.25) is 0 Å². The molecule has 0 aromatic carbocycles. The molecule has 0 aromatic heterocycles. The number of thiocarbonyl (C=S) groups is 2. The van der Waals surface area contributed by atoms with Crippen molar-refractivity contribution in [2.75, 3.05) is 26.2 Å². The number of hydrogen-bond donors (Lipinski definition) is 0. The van der Waals surface area contributed by atoms with Crippen LogP contribution >= 0.6 is 34.3 Å². The molecule has 0 amide bonds. The van der Waals surface area contributed by atoms with Crippen molar-refractivity contribution in [2.24, 2.45) is 0 Å². The van der Waals surface area contributed by atoms with Crippen molar-refractivity contribution in [1.29, 1.82) is 0 Å². The fourth-order valence-corrected chi connectivity index (χ4v) is 6.36. The molecule has 0 aromatic rings. The van der Waals surface area contributed by atoms with Gasteiger partial charge in [-0.25, -0.2) is 0 Å². The molecular formula is C38H76MoN2S5. The Bertz CT molecular complexity index is 526.